The Morgan fingerprint density at radius 3 is 2.04 bits per heavy atom. The fourth-order valence-electron chi connectivity index (χ4n) is 3.24. The van der Waals surface area contributed by atoms with Crippen molar-refractivity contribution in [3.63, 3.8) is 0 Å². The Morgan fingerprint density at radius 2 is 1.68 bits per heavy atom. The molecule has 0 amide bonds. The van der Waals surface area contributed by atoms with Gasteiger partial charge in [0.25, 0.3) is 7.82 Å². The predicted octanol–water partition coefficient (Wildman–Crippen LogP) is 2.39. The lowest BCUT2D eigenvalue weighted by atomic mass is 10.1. The average molecular weight is 379 g/mol. The number of carbonyl (C=O) groups excluding carboxylic acids is 1. The summed E-state index contributed by atoms with van der Waals surface area (Å²) in [6.45, 7) is 14.5. The van der Waals surface area contributed by atoms with Crippen LogP contribution in [0.5, 0.6) is 0 Å². The van der Waals surface area contributed by atoms with Gasteiger partial charge in [0.1, 0.15) is 12.6 Å². The zero-order chi connectivity index (χ0) is 19.5. The molecule has 7 nitrogen and oxygen atoms in total. The van der Waals surface area contributed by atoms with E-state index in [1.54, 1.807) is 6.92 Å². The number of phosphoric acid groups is 1. The minimum absolute atomic E-state index is 0.0146. The van der Waals surface area contributed by atoms with Crippen LogP contribution < -0.4 is 4.89 Å². The third-order valence-electron chi connectivity index (χ3n) is 3.99. The highest BCUT2D eigenvalue weighted by atomic mass is 31.2. The Kier molecular flexibility index (Phi) is 11.5. The molecule has 148 valence electrons. The first kappa shape index (κ1) is 24.3. The van der Waals surface area contributed by atoms with Crippen LogP contribution in [0.4, 0.5) is 0 Å². The topological polar surface area (TPSA) is 95.9 Å². The molecule has 2 atom stereocenters. The summed E-state index contributed by atoms with van der Waals surface area (Å²) in [5.74, 6) is -0.524. The number of phosphoric ester groups is 1. The van der Waals surface area contributed by atoms with Gasteiger partial charge in [0.05, 0.1) is 26.2 Å². The molecule has 0 bridgehead atoms. The summed E-state index contributed by atoms with van der Waals surface area (Å²) in [5, 5.41) is 0. The Morgan fingerprint density at radius 1 is 1.20 bits per heavy atom. The predicted molar refractivity (Wildman–Crippen MR) is 95.7 cm³/mol. The van der Waals surface area contributed by atoms with Crippen LogP contribution in [0.25, 0.3) is 0 Å². The largest absolute Gasteiger partial charge is 0.756 e. The average Bonchev–Trinajstić information content (AvgIpc) is 2.45. The van der Waals surface area contributed by atoms with Crippen molar-refractivity contribution in [2.45, 2.75) is 59.5 Å². The summed E-state index contributed by atoms with van der Waals surface area (Å²) in [5.41, 5.74) is 0.280. The Bertz CT molecular complexity index is 445. The molecule has 0 saturated carbocycles. The quantitative estimate of drug-likeness (QED) is 0.215. The zero-order valence-electron chi connectivity index (χ0n) is 16.0. The van der Waals surface area contributed by atoms with Gasteiger partial charge in [0.15, 0.2) is 0 Å². The number of nitrogens with zero attached hydrogens (tertiary/aromatic N) is 1. The lowest BCUT2D eigenvalue weighted by Gasteiger charge is -2.41. The van der Waals surface area contributed by atoms with Crippen LogP contribution in [-0.4, -0.2) is 54.2 Å². The summed E-state index contributed by atoms with van der Waals surface area (Å²) in [4.78, 5) is 31.8. The molecule has 0 aromatic carbocycles. The van der Waals surface area contributed by atoms with Gasteiger partial charge in [-0.1, -0.05) is 27.4 Å². The molecule has 0 aliphatic carbocycles. The molecule has 0 aliphatic heterocycles. The van der Waals surface area contributed by atoms with Crippen molar-refractivity contribution >= 4 is 13.8 Å². The second-order valence-corrected chi connectivity index (χ2v) is 7.74. The van der Waals surface area contributed by atoms with Crippen LogP contribution in [0.1, 0.15) is 53.4 Å². The Labute approximate surface area is 151 Å². The Balaban J connectivity index is 5.11. The molecule has 0 aliphatic rings. The van der Waals surface area contributed by atoms with E-state index in [9.17, 15) is 14.3 Å². The first-order valence-electron chi connectivity index (χ1n) is 8.99. The van der Waals surface area contributed by atoms with E-state index in [0.717, 1.165) is 43.4 Å². The van der Waals surface area contributed by atoms with Gasteiger partial charge in [-0.3, -0.25) is 4.57 Å². The zero-order valence-corrected chi connectivity index (χ0v) is 16.9. The molecule has 1 N–H and O–H groups in total. The molecule has 0 fully saturated rings. The number of ether oxygens (including phenoxy) is 1. The van der Waals surface area contributed by atoms with Crippen molar-refractivity contribution in [1.82, 2.24) is 0 Å². The van der Waals surface area contributed by atoms with E-state index in [1.807, 2.05) is 0 Å². The van der Waals surface area contributed by atoms with E-state index in [4.69, 9.17) is 14.2 Å². The molecule has 2 unspecified atom stereocenters. The third kappa shape index (κ3) is 10.8. The molecule has 0 spiro atoms. The number of hydrogen-bond donors (Lipinski definition) is 1. The first-order valence-corrected chi connectivity index (χ1v) is 10.5. The highest BCUT2D eigenvalue weighted by Gasteiger charge is 2.31. The van der Waals surface area contributed by atoms with Crippen molar-refractivity contribution < 1.29 is 32.9 Å². The minimum atomic E-state index is -4.87. The van der Waals surface area contributed by atoms with Crippen LogP contribution >= 0.6 is 7.82 Å². The van der Waals surface area contributed by atoms with Crippen molar-refractivity contribution in [3.05, 3.63) is 12.2 Å². The van der Waals surface area contributed by atoms with Crippen molar-refractivity contribution in [2.24, 2.45) is 0 Å². The number of carbonyl (C=O) groups is 1. The van der Waals surface area contributed by atoms with Gasteiger partial charge in [-0.15, -0.1) is 0 Å². The van der Waals surface area contributed by atoms with Gasteiger partial charge in [-0.05, 0) is 26.2 Å². The summed E-state index contributed by atoms with van der Waals surface area (Å²) in [7, 11) is -4.87. The summed E-state index contributed by atoms with van der Waals surface area (Å²) in [6, 6.07) is 0. The molecule has 0 heterocycles. The summed E-state index contributed by atoms with van der Waals surface area (Å²) in [6.07, 6.45) is 2.35. The lowest BCUT2D eigenvalue weighted by Crippen LogP contribution is -2.54. The molecule has 8 heteroatoms. The minimum Gasteiger partial charge on any atom is -0.756 e. The van der Waals surface area contributed by atoms with E-state index in [2.05, 4.69) is 27.4 Å². The normalized spacial score (nSPS) is 15.4. The molecule has 0 radical (unpaired) electrons. The maximum atomic E-state index is 11.5. The number of quaternary nitrogens is 1. The third-order valence-corrected chi connectivity index (χ3v) is 4.55. The maximum Gasteiger partial charge on any atom is 0.333 e. The molecule has 25 heavy (non-hydrogen) atoms. The summed E-state index contributed by atoms with van der Waals surface area (Å²) < 4.78 is 21.9. The molecular weight excluding hydrogens is 345 g/mol. The highest BCUT2D eigenvalue weighted by molar-refractivity contribution is 7.44. The Hall–Kier alpha value is -0.720. The van der Waals surface area contributed by atoms with Crippen LogP contribution in [0, 0.1) is 0 Å². The van der Waals surface area contributed by atoms with E-state index >= 15 is 0 Å². The van der Waals surface area contributed by atoms with Crippen molar-refractivity contribution in [2.75, 3.05) is 32.8 Å². The van der Waals surface area contributed by atoms with Crippen LogP contribution in [0.2, 0.25) is 0 Å². The van der Waals surface area contributed by atoms with E-state index in [0.29, 0.717) is 6.54 Å². The number of hydrogen-bond acceptors (Lipinski definition) is 5. The number of rotatable bonds is 14. The van der Waals surface area contributed by atoms with Gasteiger partial charge in [0, 0.05) is 12.0 Å². The SMILES string of the molecule is C=C(C)C(=O)OCCC(C[N+](CCC)(CCC)CCC)OP(=O)([O-])O. The van der Waals surface area contributed by atoms with Crippen molar-refractivity contribution in [3.8, 4) is 0 Å². The molecule has 0 aromatic rings. The first-order chi connectivity index (χ1) is 11.6. The van der Waals surface area contributed by atoms with Gasteiger partial charge < -0.3 is 23.5 Å². The van der Waals surface area contributed by atoms with Crippen LogP contribution in [0.3, 0.4) is 0 Å². The molecule has 0 aromatic heterocycles. The fourth-order valence-corrected chi connectivity index (χ4v) is 3.79. The van der Waals surface area contributed by atoms with Crippen LogP contribution in [-0.2, 0) is 18.6 Å². The smallest absolute Gasteiger partial charge is 0.333 e. The standard InChI is InChI=1S/C17H34NO6P/c1-6-10-18(11-7-2,12-8-3)14-16(24-25(20,21)22)9-13-23-17(19)15(4)5/h16H,4,6-14H2,1-3,5H3,(H-,20,21,22). The fraction of sp³-hybridized carbons (Fsp3) is 0.824. The summed E-state index contributed by atoms with van der Waals surface area (Å²) >= 11 is 0. The maximum absolute atomic E-state index is 11.5. The van der Waals surface area contributed by atoms with Crippen molar-refractivity contribution in [1.29, 1.82) is 0 Å². The highest BCUT2D eigenvalue weighted by Crippen LogP contribution is 2.34. The van der Waals surface area contributed by atoms with Gasteiger partial charge >= 0.3 is 5.97 Å². The second kappa shape index (κ2) is 11.8. The van der Waals surface area contributed by atoms with Gasteiger partial charge in [-0.2, -0.15) is 0 Å². The molecule has 0 saturated heterocycles. The van der Waals surface area contributed by atoms with Gasteiger partial charge in [-0.25, -0.2) is 4.79 Å². The molecular formula is C17H34NO6P. The number of esters is 1. The second-order valence-electron chi connectivity index (χ2n) is 6.60. The molecule has 0 rings (SSSR count). The van der Waals surface area contributed by atoms with E-state index in [-0.39, 0.29) is 18.6 Å². The van der Waals surface area contributed by atoms with Gasteiger partial charge in [0.2, 0.25) is 0 Å². The van der Waals surface area contributed by atoms with E-state index < -0.39 is 19.9 Å². The monoisotopic (exact) mass is 379 g/mol. The lowest BCUT2D eigenvalue weighted by molar-refractivity contribution is -0.930. The van der Waals surface area contributed by atoms with E-state index in [1.165, 1.54) is 0 Å². The van der Waals surface area contributed by atoms with Crippen LogP contribution in [0.15, 0.2) is 12.2 Å².